The van der Waals surface area contributed by atoms with Gasteiger partial charge in [0.15, 0.2) is 0 Å². The molecule has 30 heavy (non-hydrogen) atoms. The fraction of sp³-hybridized carbons (Fsp3) is 0.167. The van der Waals surface area contributed by atoms with Gasteiger partial charge in [0, 0.05) is 11.3 Å². The normalized spacial score (nSPS) is 10.2. The average Bonchev–Trinajstić information content (AvgIpc) is 2.78. The molecule has 0 aliphatic carbocycles. The maximum absolute atomic E-state index is 12.5. The van der Waals surface area contributed by atoms with Crippen molar-refractivity contribution in [3.05, 3.63) is 90.0 Å². The molecule has 0 heterocycles. The lowest BCUT2D eigenvalue weighted by atomic mass is 10.1. The van der Waals surface area contributed by atoms with E-state index in [2.05, 4.69) is 5.32 Å². The molecule has 3 rings (SSSR count). The maximum Gasteiger partial charge on any atom is 0.338 e. The van der Waals surface area contributed by atoms with Crippen molar-refractivity contribution in [2.75, 3.05) is 25.1 Å². The van der Waals surface area contributed by atoms with Crippen molar-refractivity contribution in [3.8, 4) is 11.5 Å². The monoisotopic (exact) mass is 405 g/mol. The van der Waals surface area contributed by atoms with Crippen molar-refractivity contribution in [2.45, 2.75) is 6.92 Å². The summed E-state index contributed by atoms with van der Waals surface area (Å²) in [6.07, 6.45) is 0. The third kappa shape index (κ3) is 6.10. The van der Waals surface area contributed by atoms with E-state index in [9.17, 15) is 9.59 Å². The molecule has 0 aliphatic rings. The van der Waals surface area contributed by atoms with Crippen LogP contribution in [-0.2, 0) is 4.74 Å². The Balaban J connectivity index is 1.52. The molecule has 0 saturated heterocycles. The lowest BCUT2D eigenvalue weighted by Gasteiger charge is -2.10. The van der Waals surface area contributed by atoms with Gasteiger partial charge in [0.2, 0.25) is 0 Å². The van der Waals surface area contributed by atoms with Gasteiger partial charge in [0.25, 0.3) is 5.91 Å². The van der Waals surface area contributed by atoms with Gasteiger partial charge in [-0.3, -0.25) is 4.79 Å². The second-order valence-electron chi connectivity index (χ2n) is 6.29. The predicted molar refractivity (Wildman–Crippen MR) is 114 cm³/mol. The van der Waals surface area contributed by atoms with Gasteiger partial charge < -0.3 is 19.5 Å². The number of amides is 1. The van der Waals surface area contributed by atoms with Crippen LogP contribution in [0, 0.1) is 0 Å². The first-order valence-electron chi connectivity index (χ1n) is 9.65. The van der Waals surface area contributed by atoms with Crippen molar-refractivity contribution in [3.63, 3.8) is 0 Å². The van der Waals surface area contributed by atoms with Crippen LogP contribution >= 0.6 is 0 Å². The minimum Gasteiger partial charge on any atom is -0.490 e. The number of benzene rings is 3. The SMILES string of the molecule is CCOC(=O)c1ccc(NC(=O)c2cccc(OCCOc3ccccc3)c2)cc1. The van der Waals surface area contributed by atoms with Crippen LogP contribution in [0.5, 0.6) is 11.5 Å². The van der Waals surface area contributed by atoms with Crippen LogP contribution in [0.15, 0.2) is 78.9 Å². The molecule has 0 atom stereocenters. The molecule has 6 heteroatoms. The largest absolute Gasteiger partial charge is 0.490 e. The van der Waals surface area contributed by atoms with Crippen LogP contribution in [0.2, 0.25) is 0 Å². The minimum absolute atomic E-state index is 0.273. The molecular weight excluding hydrogens is 382 g/mol. The first-order valence-corrected chi connectivity index (χ1v) is 9.65. The Morgan fingerprint density at radius 1 is 0.767 bits per heavy atom. The van der Waals surface area contributed by atoms with Gasteiger partial charge in [-0.2, -0.15) is 0 Å². The zero-order valence-corrected chi connectivity index (χ0v) is 16.7. The summed E-state index contributed by atoms with van der Waals surface area (Å²) in [5.74, 6) is 0.696. The standard InChI is InChI=1S/C24H23NO5/c1-2-28-24(27)18-11-13-20(14-12-18)25-23(26)19-7-6-10-22(17-19)30-16-15-29-21-8-4-3-5-9-21/h3-14,17H,2,15-16H2,1H3,(H,25,26). The summed E-state index contributed by atoms with van der Waals surface area (Å²) in [5, 5.41) is 2.80. The van der Waals surface area contributed by atoms with E-state index in [1.54, 1.807) is 55.5 Å². The average molecular weight is 405 g/mol. The van der Waals surface area contributed by atoms with Gasteiger partial charge in [-0.05, 0) is 61.5 Å². The van der Waals surface area contributed by atoms with E-state index in [-0.39, 0.29) is 5.91 Å². The topological polar surface area (TPSA) is 73.9 Å². The van der Waals surface area contributed by atoms with Crippen molar-refractivity contribution in [2.24, 2.45) is 0 Å². The molecule has 154 valence electrons. The van der Waals surface area contributed by atoms with E-state index < -0.39 is 5.97 Å². The van der Waals surface area contributed by atoms with Crippen molar-refractivity contribution < 1.29 is 23.8 Å². The number of nitrogens with one attached hydrogen (secondary N) is 1. The summed E-state index contributed by atoms with van der Waals surface area (Å²) in [5.41, 5.74) is 1.48. The number of rotatable bonds is 9. The highest BCUT2D eigenvalue weighted by atomic mass is 16.5. The summed E-state index contributed by atoms with van der Waals surface area (Å²) in [7, 11) is 0. The van der Waals surface area contributed by atoms with Gasteiger partial charge in [-0.15, -0.1) is 0 Å². The molecule has 1 N–H and O–H groups in total. The lowest BCUT2D eigenvalue weighted by molar-refractivity contribution is 0.0526. The molecule has 3 aromatic carbocycles. The Hall–Kier alpha value is -3.80. The maximum atomic E-state index is 12.5. The zero-order valence-electron chi connectivity index (χ0n) is 16.7. The van der Waals surface area contributed by atoms with Crippen molar-refractivity contribution in [1.82, 2.24) is 0 Å². The van der Waals surface area contributed by atoms with Crippen LogP contribution in [0.1, 0.15) is 27.6 Å². The smallest absolute Gasteiger partial charge is 0.338 e. The number of para-hydroxylation sites is 1. The Morgan fingerprint density at radius 2 is 1.43 bits per heavy atom. The summed E-state index contributed by atoms with van der Waals surface area (Å²) in [6.45, 7) is 2.82. The fourth-order valence-electron chi connectivity index (χ4n) is 2.67. The summed E-state index contributed by atoms with van der Waals surface area (Å²) in [6, 6.07) is 22.9. The van der Waals surface area contributed by atoms with Gasteiger partial charge in [-0.1, -0.05) is 24.3 Å². The van der Waals surface area contributed by atoms with Gasteiger partial charge >= 0.3 is 5.97 Å². The van der Waals surface area contributed by atoms with Crippen LogP contribution in [0.25, 0.3) is 0 Å². The van der Waals surface area contributed by atoms with Gasteiger partial charge in [0.1, 0.15) is 24.7 Å². The molecule has 0 bridgehead atoms. The van der Waals surface area contributed by atoms with Gasteiger partial charge in [0.05, 0.1) is 12.2 Å². The van der Waals surface area contributed by atoms with E-state index >= 15 is 0 Å². The van der Waals surface area contributed by atoms with Gasteiger partial charge in [-0.25, -0.2) is 4.79 Å². The van der Waals surface area contributed by atoms with Crippen LogP contribution in [0.3, 0.4) is 0 Å². The number of ether oxygens (including phenoxy) is 3. The van der Waals surface area contributed by atoms with Crippen molar-refractivity contribution >= 4 is 17.6 Å². The Bertz CT molecular complexity index is 970. The molecule has 0 radical (unpaired) electrons. The molecule has 0 fully saturated rings. The number of carbonyl (C=O) groups excluding carboxylic acids is 2. The van der Waals surface area contributed by atoms with E-state index in [0.717, 1.165) is 5.75 Å². The highest BCUT2D eigenvalue weighted by molar-refractivity contribution is 6.04. The Morgan fingerprint density at radius 3 is 2.13 bits per heavy atom. The number of hydrogen-bond acceptors (Lipinski definition) is 5. The predicted octanol–water partition coefficient (Wildman–Crippen LogP) is 4.57. The molecule has 1 amide bonds. The highest BCUT2D eigenvalue weighted by Gasteiger charge is 2.09. The molecule has 0 saturated carbocycles. The summed E-state index contributed by atoms with van der Waals surface area (Å²) < 4.78 is 16.2. The molecular formula is C24H23NO5. The fourth-order valence-corrected chi connectivity index (χ4v) is 2.67. The molecule has 0 unspecified atom stereocenters. The first-order chi connectivity index (χ1) is 14.7. The van der Waals surface area contributed by atoms with Crippen LogP contribution < -0.4 is 14.8 Å². The minimum atomic E-state index is -0.392. The number of esters is 1. The molecule has 0 aromatic heterocycles. The highest BCUT2D eigenvalue weighted by Crippen LogP contribution is 2.17. The summed E-state index contributed by atoms with van der Waals surface area (Å²) >= 11 is 0. The second kappa shape index (κ2) is 10.7. The molecule has 3 aromatic rings. The number of carbonyl (C=O) groups is 2. The Kier molecular flexibility index (Phi) is 7.44. The lowest BCUT2D eigenvalue weighted by Crippen LogP contribution is -2.13. The van der Waals surface area contributed by atoms with E-state index in [4.69, 9.17) is 14.2 Å². The van der Waals surface area contributed by atoms with E-state index in [1.165, 1.54) is 0 Å². The van der Waals surface area contributed by atoms with Crippen LogP contribution in [-0.4, -0.2) is 31.7 Å². The zero-order chi connectivity index (χ0) is 21.2. The third-order valence-corrected chi connectivity index (χ3v) is 4.11. The molecule has 0 aliphatic heterocycles. The second-order valence-corrected chi connectivity index (χ2v) is 6.29. The molecule has 0 spiro atoms. The first kappa shape index (κ1) is 20.9. The van der Waals surface area contributed by atoms with E-state index in [0.29, 0.717) is 42.4 Å². The number of anilines is 1. The van der Waals surface area contributed by atoms with Crippen molar-refractivity contribution in [1.29, 1.82) is 0 Å². The summed E-state index contributed by atoms with van der Waals surface area (Å²) in [4.78, 5) is 24.2. The number of hydrogen-bond donors (Lipinski definition) is 1. The molecule has 6 nitrogen and oxygen atoms in total. The van der Waals surface area contributed by atoms with E-state index in [1.807, 2.05) is 30.3 Å². The quantitative estimate of drug-likeness (QED) is 0.417. The Labute approximate surface area is 175 Å². The third-order valence-electron chi connectivity index (χ3n) is 4.11. The van der Waals surface area contributed by atoms with Crippen LogP contribution in [0.4, 0.5) is 5.69 Å².